The number of halogens is 3. The molecule has 1 saturated carbocycles. The summed E-state index contributed by atoms with van der Waals surface area (Å²) < 4.78 is 40.4. The van der Waals surface area contributed by atoms with Crippen LogP contribution in [0.4, 0.5) is 13.2 Å². The Morgan fingerprint density at radius 2 is 1.71 bits per heavy atom. The van der Waals surface area contributed by atoms with Gasteiger partial charge in [0.1, 0.15) is 0 Å². The van der Waals surface area contributed by atoms with Crippen molar-refractivity contribution >= 4 is 5.70 Å². The van der Waals surface area contributed by atoms with Crippen LogP contribution in [0.25, 0.3) is 16.8 Å². The molecule has 1 saturated heterocycles. The average Bonchev–Trinajstić information content (AvgIpc) is 2.80. The highest BCUT2D eigenvalue weighted by Crippen LogP contribution is 2.53. The molecule has 184 valence electrons. The van der Waals surface area contributed by atoms with Crippen LogP contribution in [0.2, 0.25) is 0 Å². The molecule has 2 aliphatic rings. The number of piperidine rings is 1. The standard InChI is InChI=1S/C28H36F3N3/c1-21(33(2)3)23-6-8-24(9-7-23)25-10-12-26(32-19-25)11-5-22-13-17-34(18-14-22)20-27(15-4-16-27)28(29,30)31/h6-10,12,19,22H,1,4-5,11,13-18,20H2,2-3H3. The van der Waals surface area contributed by atoms with Crippen LogP contribution in [0.5, 0.6) is 0 Å². The van der Waals surface area contributed by atoms with Crippen molar-refractivity contribution in [3.63, 3.8) is 0 Å². The summed E-state index contributed by atoms with van der Waals surface area (Å²) in [5.41, 5.74) is 3.94. The number of hydrogen-bond donors (Lipinski definition) is 0. The van der Waals surface area contributed by atoms with E-state index in [1.807, 2.05) is 25.2 Å². The molecule has 0 radical (unpaired) electrons. The van der Waals surface area contributed by atoms with Crippen molar-refractivity contribution in [2.45, 2.75) is 51.1 Å². The maximum absolute atomic E-state index is 13.5. The fraction of sp³-hybridized carbons (Fsp3) is 0.536. The molecule has 34 heavy (non-hydrogen) atoms. The van der Waals surface area contributed by atoms with Gasteiger partial charge in [-0.2, -0.15) is 13.2 Å². The molecule has 0 amide bonds. The van der Waals surface area contributed by atoms with Gasteiger partial charge in [-0.25, -0.2) is 0 Å². The zero-order valence-corrected chi connectivity index (χ0v) is 20.4. The lowest BCUT2D eigenvalue weighted by Crippen LogP contribution is -2.53. The molecule has 2 fully saturated rings. The summed E-state index contributed by atoms with van der Waals surface area (Å²) in [6.45, 7) is 5.86. The number of rotatable bonds is 8. The van der Waals surface area contributed by atoms with Crippen molar-refractivity contribution in [1.29, 1.82) is 0 Å². The van der Waals surface area contributed by atoms with Crippen molar-refractivity contribution in [3.05, 3.63) is 60.4 Å². The Bertz CT molecular complexity index is 952. The fourth-order valence-electron chi connectivity index (χ4n) is 5.20. The fourth-order valence-corrected chi connectivity index (χ4v) is 5.20. The molecule has 1 aliphatic heterocycles. The summed E-state index contributed by atoms with van der Waals surface area (Å²) in [4.78, 5) is 8.73. The van der Waals surface area contributed by atoms with Crippen molar-refractivity contribution in [3.8, 4) is 11.1 Å². The van der Waals surface area contributed by atoms with Crippen molar-refractivity contribution in [2.24, 2.45) is 11.3 Å². The van der Waals surface area contributed by atoms with Crippen molar-refractivity contribution in [1.82, 2.24) is 14.8 Å². The molecule has 1 aromatic carbocycles. The molecule has 4 rings (SSSR count). The molecular weight excluding hydrogens is 435 g/mol. The Kier molecular flexibility index (Phi) is 7.36. The first kappa shape index (κ1) is 24.8. The normalized spacial score (nSPS) is 19.0. The minimum Gasteiger partial charge on any atom is -0.378 e. The van der Waals surface area contributed by atoms with Crippen LogP contribution >= 0.6 is 0 Å². The van der Waals surface area contributed by atoms with E-state index in [0.717, 1.165) is 66.9 Å². The van der Waals surface area contributed by atoms with E-state index >= 15 is 0 Å². The third-order valence-electron chi connectivity index (χ3n) is 7.87. The lowest BCUT2D eigenvalue weighted by Gasteiger charge is -2.47. The number of likely N-dealkylation sites (tertiary alicyclic amines) is 1. The first-order valence-corrected chi connectivity index (χ1v) is 12.4. The van der Waals surface area contributed by atoms with Gasteiger partial charge in [0.05, 0.1) is 5.41 Å². The van der Waals surface area contributed by atoms with Gasteiger partial charge in [-0.1, -0.05) is 43.3 Å². The van der Waals surface area contributed by atoms with E-state index in [1.54, 1.807) is 0 Å². The monoisotopic (exact) mass is 471 g/mol. The maximum atomic E-state index is 13.5. The number of aryl methyl sites for hydroxylation is 1. The Hall–Kier alpha value is -2.34. The number of aromatic nitrogens is 1. The Balaban J connectivity index is 1.24. The van der Waals surface area contributed by atoms with Gasteiger partial charge in [-0.15, -0.1) is 0 Å². The highest BCUT2D eigenvalue weighted by molar-refractivity contribution is 5.68. The van der Waals surface area contributed by atoms with E-state index in [9.17, 15) is 13.2 Å². The lowest BCUT2D eigenvalue weighted by molar-refractivity contribution is -0.256. The average molecular weight is 472 g/mol. The zero-order chi connectivity index (χ0) is 24.3. The third-order valence-corrected chi connectivity index (χ3v) is 7.87. The molecule has 0 bridgehead atoms. The summed E-state index contributed by atoms with van der Waals surface area (Å²) in [6, 6.07) is 12.6. The van der Waals surface area contributed by atoms with Gasteiger partial charge in [-0.05, 0) is 74.7 Å². The molecule has 2 aromatic rings. The number of nitrogens with zero attached hydrogens (tertiary/aromatic N) is 3. The van der Waals surface area contributed by atoms with Crippen LogP contribution in [0, 0.1) is 11.3 Å². The lowest BCUT2D eigenvalue weighted by atomic mass is 9.67. The Morgan fingerprint density at radius 3 is 2.21 bits per heavy atom. The highest BCUT2D eigenvalue weighted by atomic mass is 19.4. The number of pyridine rings is 1. The van der Waals surface area contributed by atoms with E-state index in [0.29, 0.717) is 25.2 Å². The molecule has 3 nitrogen and oxygen atoms in total. The van der Waals surface area contributed by atoms with Gasteiger partial charge in [0.25, 0.3) is 0 Å². The quantitative estimate of drug-likeness (QED) is 0.429. The predicted octanol–water partition coefficient (Wildman–Crippen LogP) is 6.66. The Labute approximate surface area is 201 Å². The second-order valence-corrected chi connectivity index (χ2v) is 10.3. The van der Waals surface area contributed by atoms with Gasteiger partial charge in [-0.3, -0.25) is 4.98 Å². The smallest absolute Gasteiger partial charge is 0.378 e. The maximum Gasteiger partial charge on any atom is 0.395 e. The summed E-state index contributed by atoms with van der Waals surface area (Å²) >= 11 is 0. The summed E-state index contributed by atoms with van der Waals surface area (Å²) in [7, 11) is 3.97. The van der Waals surface area contributed by atoms with Crippen molar-refractivity contribution in [2.75, 3.05) is 33.7 Å². The first-order valence-electron chi connectivity index (χ1n) is 12.4. The van der Waals surface area contributed by atoms with E-state index in [4.69, 9.17) is 0 Å². The van der Waals surface area contributed by atoms with Gasteiger partial charge in [0, 0.05) is 43.8 Å². The number of hydrogen-bond acceptors (Lipinski definition) is 3. The zero-order valence-electron chi connectivity index (χ0n) is 20.4. The van der Waals surface area contributed by atoms with Crippen LogP contribution in [-0.2, 0) is 6.42 Å². The van der Waals surface area contributed by atoms with E-state index in [-0.39, 0.29) is 6.54 Å². The molecule has 0 N–H and O–H groups in total. The summed E-state index contributed by atoms with van der Waals surface area (Å²) in [5.74, 6) is 0.568. The van der Waals surface area contributed by atoms with Crippen LogP contribution in [0.1, 0.15) is 49.8 Å². The Morgan fingerprint density at radius 1 is 1.06 bits per heavy atom. The molecule has 1 aliphatic carbocycles. The molecule has 1 aromatic heterocycles. The number of alkyl halides is 3. The van der Waals surface area contributed by atoms with E-state index in [2.05, 4.69) is 52.9 Å². The van der Waals surface area contributed by atoms with Gasteiger partial charge in [0.2, 0.25) is 0 Å². The number of benzene rings is 1. The summed E-state index contributed by atoms with van der Waals surface area (Å²) in [5, 5.41) is 0. The molecule has 0 unspecified atom stereocenters. The van der Waals surface area contributed by atoms with Crippen LogP contribution in [-0.4, -0.2) is 54.7 Å². The second kappa shape index (κ2) is 10.1. The minimum absolute atomic E-state index is 0.191. The largest absolute Gasteiger partial charge is 0.395 e. The predicted molar refractivity (Wildman–Crippen MR) is 132 cm³/mol. The van der Waals surface area contributed by atoms with Crippen molar-refractivity contribution < 1.29 is 13.2 Å². The molecule has 6 heteroatoms. The molecule has 0 spiro atoms. The van der Waals surface area contributed by atoms with Crippen LogP contribution in [0.15, 0.2) is 49.2 Å². The summed E-state index contributed by atoms with van der Waals surface area (Å²) in [6.07, 6.45) is 3.10. The SMILES string of the molecule is C=C(c1ccc(-c2ccc(CCC3CCN(CC4(C(F)(F)F)CCC4)CC3)nc2)cc1)N(C)C. The van der Waals surface area contributed by atoms with Crippen LogP contribution < -0.4 is 0 Å². The van der Waals surface area contributed by atoms with Gasteiger partial charge in [0.15, 0.2) is 0 Å². The van der Waals surface area contributed by atoms with Gasteiger partial charge < -0.3 is 9.80 Å². The first-order chi connectivity index (χ1) is 16.2. The van der Waals surface area contributed by atoms with E-state index in [1.165, 1.54) is 0 Å². The van der Waals surface area contributed by atoms with Gasteiger partial charge >= 0.3 is 6.18 Å². The molecular formula is C28H36F3N3. The molecule has 2 heterocycles. The van der Waals surface area contributed by atoms with E-state index < -0.39 is 11.6 Å². The topological polar surface area (TPSA) is 19.4 Å². The minimum atomic E-state index is -4.07. The second-order valence-electron chi connectivity index (χ2n) is 10.3. The molecule has 0 atom stereocenters. The van der Waals surface area contributed by atoms with Crippen LogP contribution in [0.3, 0.4) is 0 Å². The highest BCUT2D eigenvalue weighted by Gasteiger charge is 2.58. The third kappa shape index (κ3) is 5.48.